The third kappa shape index (κ3) is 3.35. The first kappa shape index (κ1) is 13.3. The normalized spacial score (nSPS) is 9.88. The van der Waals surface area contributed by atoms with Crippen molar-refractivity contribution in [2.75, 3.05) is 20.8 Å². The highest BCUT2D eigenvalue weighted by Crippen LogP contribution is 2.27. The van der Waals surface area contributed by atoms with Gasteiger partial charge in [0.25, 0.3) is 0 Å². The van der Waals surface area contributed by atoms with E-state index in [-0.39, 0.29) is 12.5 Å². The Balaban J connectivity index is 2.92. The van der Waals surface area contributed by atoms with E-state index in [1.54, 1.807) is 14.2 Å². The van der Waals surface area contributed by atoms with Crippen LogP contribution in [0.3, 0.4) is 0 Å². The predicted molar refractivity (Wildman–Crippen MR) is 65.2 cm³/mol. The zero-order chi connectivity index (χ0) is 12.8. The van der Waals surface area contributed by atoms with E-state index < -0.39 is 0 Å². The molecule has 17 heavy (non-hydrogen) atoms. The van der Waals surface area contributed by atoms with E-state index in [0.717, 1.165) is 22.6 Å². The molecule has 0 aliphatic heterocycles. The van der Waals surface area contributed by atoms with E-state index in [1.807, 2.05) is 19.1 Å². The molecule has 1 amide bonds. The van der Waals surface area contributed by atoms with E-state index >= 15 is 0 Å². The maximum atomic E-state index is 11.1. The van der Waals surface area contributed by atoms with Crippen LogP contribution in [0.15, 0.2) is 12.1 Å². The van der Waals surface area contributed by atoms with Crippen LogP contribution in [-0.4, -0.2) is 26.7 Å². The summed E-state index contributed by atoms with van der Waals surface area (Å²) >= 11 is 0. The van der Waals surface area contributed by atoms with Crippen molar-refractivity contribution in [1.29, 1.82) is 0 Å². The molecule has 0 aliphatic carbocycles. The minimum absolute atomic E-state index is 0.0225. The standard InChI is InChI=1S/C12H18N2O3/c1-8-4-11(17-3)9(5-10(8)16-2)7-14-12(15)6-13/h4-5H,6-7,13H2,1-3H3,(H,14,15). The molecule has 0 radical (unpaired) electrons. The summed E-state index contributed by atoms with van der Waals surface area (Å²) in [5, 5.41) is 2.69. The van der Waals surface area contributed by atoms with Gasteiger partial charge in [-0.3, -0.25) is 4.79 Å². The molecule has 0 aliphatic rings. The fourth-order valence-corrected chi connectivity index (χ4v) is 1.52. The highest BCUT2D eigenvalue weighted by Gasteiger charge is 2.09. The van der Waals surface area contributed by atoms with Crippen LogP contribution in [0.4, 0.5) is 0 Å². The van der Waals surface area contributed by atoms with Gasteiger partial charge in [-0.25, -0.2) is 0 Å². The molecule has 0 spiro atoms. The number of nitrogens with two attached hydrogens (primary N) is 1. The lowest BCUT2D eigenvalue weighted by atomic mass is 10.1. The Morgan fingerprint density at radius 1 is 1.29 bits per heavy atom. The first-order valence-corrected chi connectivity index (χ1v) is 5.30. The van der Waals surface area contributed by atoms with E-state index in [1.165, 1.54) is 0 Å². The molecule has 1 rings (SSSR count). The lowest BCUT2D eigenvalue weighted by molar-refractivity contribution is -0.119. The number of carbonyl (C=O) groups excluding carboxylic acids is 1. The monoisotopic (exact) mass is 238 g/mol. The predicted octanol–water partition coefficient (Wildman–Crippen LogP) is 0.587. The summed E-state index contributed by atoms with van der Waals surface area (Å²) in [6, 6.07) is 3.73. The number of amides is 1. The van der Waals surface area contributed by atoms with Crippen LogP contribution in [0.25, 0.3) is 0 Å². The Bertz CT molecular complexity index is 405. The second kappa shape index (κ2) is 6.10. The molecule has 5 nitrogen and oxygen atoms in total. The third-order valence-electron chi connectivity index (χ3n) is 2.46. The van der Waals surface area contributed by atoms with Crippen molar-refractivity contribution < 1.29 is 14.3 Å². The highest BCUT2D eigenvalue weighted by molar-refractivity contribution is 5.77. The average Bonchev–Trinajstić information content (AvgIpc) is 2.36. The smallest absolute Gasteiger partial charge is 0.234 e. The van der Waals surface area contributed by atoms with E-state index in [0.29, 0.717) is 6.54 Å². The van der Waals surface area contributed by atoms with Gasteiger partial charge in [-0.15, -0.1) is 0 Å². The number of rotatable bonds is 5. The van der Waals surface area contributed by atoms with Gasteiger partial charge in [0.1, 0.15) is 11.5 Å². The van der Waals surface area contributed by atoms with Gasteiger partial charge in [-0.1, -0.05) is 0 Å². The molecule has 0 atom stereocenters. The van der Waals surface area contributed by atoms with E-state index in [9.17, 15) is 4.79 Å². The van der Waals surface area contributed by atoms with Gasteiger partial charge in [0.15, 0.2) is 0 Å². The van der Waals surface area contributed by atoms with Gasteiger partial charge in [0, 0.05) is 12.1 Å². The summed E-state index contributed by atoms with van der Waals surface area (Å²) in [5.41, 5.74) is 7.06. The summed E-state index contributed by atoms with van der Waals surface area (Å²) in [7, 11) is 3.20. The lowest BCUT2D eigenvalue weighted by Gasteiger charge is -2.13. The molecule has 0 heterocycles. The summed E-state index contributed by atoms with van der Waals surface area (Å²) in [4.78, 5) is 11.1. The molecule has 0 saturated heterocycles. The Kier molecular flexibility index (Phi) is 4.78. The van der Waals surface area contributed by atoms with Gasteiger partial charge < -0.3 is 20.5 Å². The van der Waals surface area contributed by atoms with Crippen LogP contribution in [0, 0.1) is 6.92 Å². The number of hydrogen-bond acceptors (Lipinski definition) is 4. The number of methoxy groups -OCH3 is 2. The van der Waals surface area contributed by atoms with Crippen LogP contribution in [0.5, 0.6) is 11.5 Å². The average molecular weight is 238 g/mol. The van der Waals surface area contributed by atoms with Crippen LogP contribution in [-0.2, 0) is 11.3 Å². The highest BCUT2D eigenvalue weighted by atomic mass is 16.5. The first-order valence-electron chi connectivity index (χ1n) is 5.30. The number of benzene rings is 1. The van der Waals surface area contributed by atoms with Gasteiger partial charge >= 0.3 is 0 Å². The topological polar surface area (TPSA) is 73.6 Å². The maximum absolute atomic E-state index is 11.1. The molecule has 0 fully saturated rings. The lowest BCUT2D eigenvalue weighted by Crippen LogP contribution is -2.29. The molecule has 1 aromatic rings. The van der Waals surface area contributed by atoms with Gasteiger partial charge in [0.2, 0.25) is 5.91 Å². The molecule has 0 bridgehead atoms. The van der Waals surface area contributed by atoms with E-state index in [2.05, 4.69) is 5.32 Å². The minimum Gasteiger partial charge on any atom is -0.496 e. The zero-order valence-electron chi connectivity index (χ0n) is 10.4. The summed E-state index contributed by atoms with van der Waals surface area (Å²) < 4.78 is 10.5. The molecular formula is C12H18N2O3. The number of aryl methyl sites for hydroxylation is 1. The van der Waals surface area contributed by atoms with Gasteiger partial charge in [-0.2, -0.15) is 0 Å². The van der Waals surface area contributed by atoms with Crippen LogP contribution >= 0.6 is 0 Å². The molecule has 94 valence electrons. The molecule has 0 aromatic heterocycles. The van der Waals surface area contributed by atoms with Gasteiger partial charge in [-0.05, 0) is 24.6 Å². The van der Waals surface area contributed by atoms with Crippen molar-refractivity contribution in [2.24, 2.45) is 5.73 Å². The maximum Gasteiger partial charge on any atom is 0.234 e. The largest absolute Gasteiger partial charge is 0.496 e. The minimum atomic E-state index is -0.202. The van der Waals surface area contributed by atoms with Crippen molar-refractivity contribution in [3.8, 4) is 11.5 Å². The van der Waals surface area contributed by atoms with Crippen molar-refractivity contribution in [2.45, 2.75) is 13.5 Å². The first-order chi connectivity index (χ1) is 8.12. The molecule has 3 N–H and O–H groups in total. The SMILES string of the molecule is COc1cc(CNC(=O)CN)c(OC)cc1C. The van der Waals surface area contributed by atoms with Crippen LogP contribution in [0.2, 0.25) is 0 Å². The summed E-state index contributed by atoms with van der Waals surface area (Å²) in [6.45, 7) is 2.28. The van der Waals surface area contributed by atoms with Gasteiger partial charge in [0.05, 0.1) is 20.8 Å². The number of hydrogen-bond donors (Lipinski definition) is 2. The molecular weight excluding hydrogens is 220 g/mol. The Morgan fingerprint density at radius 3 is 2.47 bits per heavy atom. The Hall–Kier alpha value is -1.75. The Labute approximate surface area is 101 Å². The zero-order valence-corrected chi connectivity index (χ0v) is 10.4. The number of nitrogens with one attached hydrogen (secondary N) is 1. The quantitative estimate of drug-likeness (QED) is 0.787. The second-order valence-electron chi connectivity index (χ2n) is 3.61. The summed E-state index contributed by atoms with van der Waals surface area (Å²) in [6.07, 6.45) is 0. The molecule has 0 saturated carbocycles. The fraction of sp³-hybridized carbons (Fsp3) is 0.417. The molecule has 5 heteroatoms. The van der Waals surface area contributed by atoms with Crippen molar-refractivity contribution >= 4 is 5.91 Å². The van der Waals surface area contributed by atoms with Crippen molar-refractivity contribution in [3.63, 3.8) is 0 Å². The number of carbonyl (C=O) groups is 1. The van der Waals surface area contributed by atoms with E-state index in [4.69, 9.17) is 15.2 Å². The van der Waals surface area contributed by atoms with Crippen LogP contribution in [0.1, 0.15) is 11.1 Å². The van der Waals surface area contributed by atoms with Crippen LogP contribution < -0.4 is 20.5 Å². The van der Waals surface area contributed by atoms with Crippen molar-refractivity contribution in [1.82, 2.24) is 5.32 Å². The van der Waals surface area contributed by atoms with Crippen molar-refractivity contribution in [3.05, 3.63) is 23.3 Å². The summed E-state index contributed by atoms with van der Waals surface area (Å²) in [5.74, 6) is 1.29. The Morgan fingerprint density at radius 2 is 1.94 bits per heavy atom. The fourth-order valence-electron chi connectivity index (χ4n) is 1.52. The number of ether oxygens (including phenoxy) is 2. The molecule has 0 unspecified atom stereocenters. The third-order valence-corrected chi connectivity index (χ3v) is 2.46. The molecule has 1 aromatic carbocycles. The second-order valence-corrected chi connectivity index (χ2v) is 3.61.